The van der Waals surface area contributed by atoms with Gasteiger partial charge in [0.1, 0.15) is 0 Å². The molecule has 4 N–H and O–H groups in total. The van der Waals surface area contributed by atoms with Gasteiger partial charge in [-0.25, -0.2) is 0 Å². The van der Waals surface area contributed by atoms with E-state index in [0.717, 1.165) is 6.42 Å². The Morgan fingerprint density at radius 1 is 1.00 bits per heavy atom. The Morgan fingerprint density at radius 3 is 2.11 bits per heavy atom. The van der Waals surface area contributed by atoms with E-state index in [1.165, 1.54) is 51.4 Å². The number of hydrogen-bond acceptors (Lipinski definition) is 3. The smallest absolute Gasteiger partial charge is 0.0894 e. The van der Waals surface area contributed by atoms with E-state index >= 15 is 0 Å². The topological polar surface area (TPSA) is 66.5 Å². The van der Waals surface area contributed by atoms with Crippen LogP contribution in [-0.2, 0) is 0 Å². The van der Waals surface area contributed by atoms with Crippen LogP contribution in [0.1, 0.15) is 64.7 Å². The third-order valence-electron chi connectivity index (χ3n) is 3.21. The van der Waals surface area contributed by atoms with Gasteiger partial charge in [-0.3, -0.25) is 0 Å². The minimum Gasteiger partial charge on any atom is -0.395 e. The molecule has 0 fully saturated rings. The fraction of sp³-hybridized carbons (Fsp3) is 0.867. The van der Waals surface area contributed by atoms with Crippen molar-refractivity contribution >= 4 is 0 Å². The summed E-state index contributed by atoms with van der Waals surface area (Å²) in [5.41, 5.74) is 5.49. The zero-order valence-electron chi connectivity index (χ0n) is 11.9. The van der Waals surface area contributed by atoms with E-state index < -0.39 is 12.1 Å². The first kappa shape index (κ1) is 17.6. The average molecular weight is 257 g/mol. The maximum absolute atomic E-state index is 9.47. The molecule has 0 aliphatic carbocycles. The molecule has 0 bridgehead atoms. The van der Waals surface area contributed by atoms with Crippen LogP contribution in [0, 0.1) is 0 Å². The molecular weight excluding hydrogens is 226 g/mol. The maximum Gasteiger partial charge on any atom is 0.0894 e. The Morgan fingerprint density at radius 2 is 1.56 bits per heavy atom. The van der Waals surface area contributed by atoms with E-state index in [1.807, 2.05) is 6.08 Å². The molecule has 0 spiro atoms. The second-order valence-electron chi connectivity index (χ2n) is 5.03. The van der Waals surface area contributed by atoms with Crippen molar-refractivity contribution in [2.75, 3.05) is 6.61 Å². The summed E-state index contributed by atoms with van der Waals surface area (Å²) in [5, 5.41) is 18.2. The van der Waals surface area contributed by atoms with Crippen molar-refractivity contribution < 1.29 is 10.2 Å². The summed E-state index contributed by atoms with van der Waals surface area (Å²) >= 11 is 0. The molecule has 0 rings (SSSR count). The first-order valence-corrected chi connectivity index (χ1v) is 7.43. The minimum absolute atomic E-state index is 0.177. The van der Waals surface area contributed by atoms with Crippen molar-refractivity contribution in [1.29, 1.82) is 0 Å². The Hall–Kier alpha value is -0.380. The Labute approximate surface area is 112 Å². The van der Waals surface area contributed by atoms with Crippen molar-refractivity contribution in [2.45, 2.75) is 76.9 Å². The number of nitrogens with two attached hydrogens (primary N) is 1. The fourth-order valence-corrected chi connectivity index (χ4v) is 1.88. The van der Waals surface area contributed by atoms with E-state index in [-0.39, 0.29) is 6.61 Å². The van der Waals surface area contributed by atoms with Crippen LogP contribution in [0.4, 0.5) is 0 Å². The molecule has 2 atom stereocenters. The molecule has 0 saturated heterocycles. The highest BCUT2D eigenvalue weighted by Crippen LogP contribution is 2.09. The van der Waals surface area contributed by atoms with Crippen LogP contribution in [0.15, 0.2) is 12.2 Å². The molecule has 3 nitrogen and oxygen atoms in total. The van der Waals surface area contributed by atoms with Gasteiger partial charge in [-0.2, -0.15) is 0 Å². The fourth-order valence-electron chi connectivity index (χ4n) is 1.88. The zero-order valence-corrected chi connectivity index (χ0v) is 11.9. The van der Waals surface area contributed by atoms with Crippen molar-refractivity contribution in [3.05, 3.63) is 12.2 Å². The molecule has 0 aromatic carbocycles. The predicted molar refractivity (Wildman–Crippen MR) is 77.4 cm³/mol. The summed E-state index contributed by atoms with van der Waals surface area (Å²) in [6.45, 7) is 2.06. The zero-order chi connectivity index (χ0) is 13.6. The highest BCUT2D eigenvalue weighted by atomic mass is 16.3. The molecule has 108 valence electrons. The third kappa shape index (κ3) is 10.8. The first-order valence-electron chi connectivity index (χ1n) is 7.43. The summed E-state index contributed by atoms with van der Waals surface area (Å²) in [7, 11) is 0. The Kier molecular flexibility index (Phi) is 12.8. The molecule has 0 radical (unpaired) electrons. The van der Waals surface area contributed by atoms with Crippen LogP contribution >= 0.6 is 0 Å². The van der Waals surface area contributed by atoms with Gasteiger partial charge in [-0.05, 0) is 12.8 Å². The van der Waals surface area contributed by atoms with Gasteiger partial charge in [-0.15, -0.1) is 0 Å². The Balaban J connectivity index is 3.27. The second kappa shape index (κ2) is 13.1. The van der Waals surface area contributed by atoms with E-state index in [4.69, 9.17) is 10.8 Å². The van der Waals surface area contributed by atoms with Crippen molar-refractivity contribution in [2.24, 2.45) is 5.73 Å². The van der Waals surface area contributed by atoms with Crippen LogP contribution in [0.2, 0.25) is 0 Å². The number of aliphatic hydroxyl groups excluding tert-OH is 2. The van der Waals surface area contributed by atoms with E-state index in [0.29, 0.717) is 0 Å². The molecule has 3 heteroatoms. The molecule has 1 unspecified atom stereocenters. The molecule has 18 heavy (non-hydrogen) atoms. The van der Waals surface area contributed by atoms with Crippen molar-refractivity contribution in [1.82, 2.24) is 0 Å². The van der Waals surface area contributed by atoms with Crippen molar-refractivity contribution in [3.8, 4) is 0 Å². The molecule has 0 aromatic rings. The summed E-state index contributed by atoms with van der Waals surface area (Å²) < 4.78 is 0. The highest BCUT2D eigenvalue weighted by Gasteiger charge is 2.08. The highest BCUT2D eigenvalue weighted by molar-refractivity contribution is 4.93. The quantitative estimate of drug-likeness (QED) is 0.372. The van der Waals surface area contributed by atoms with E-state index in [9.17, 15) is 5.11 Å². The molecule has 0 aliphatic heterocycles. The molecule has 0 aromatic heterocycles. The maximum atomic E-state index is 9.47. The monoisotopic (exact) mass is 257 g/mol. The van der Waals surface area contributed by atoms with Gasteiger partial charge in [0.15, 0.2) is 0 Å². The minimum atomic E-state index is -0.718. The lowest BCUT2D eigenvalue weighted by Crippen LogP contribution is -2.36. The van der Waals surface area contributed by atoms with Crippen LogP contribution < -0.4 is 5.73 Å². The molecule has 0 amide bonds. The van der Waals surface area contributed by atoms with E-state index in [1.54, 1.807) is 6.08 Å². The van der Waals surface area contributed by atoms with Gasteiger partial charge in [0.05, 0.1) is 18.8 Å². The first-order chi connectivity index (χ1) is 8.72. The summed E-state index contributed by atoms with van der Waals surface area (Å²) in [6, 6.07) is -0.556. The lowest BCUT2D eigenvalue weighted by molar-refractivity contribution is 0.144. The van der Waals surface area contributed by atoms with Gasteiger partial charge in [0.2, 0.25) is 0 Å². The molecule has 0 aliphatic rings. The van der Waals surface area contributed by atoms with Gasteiger partial charge in [0.25, 0.3) is 0 Å². The van der Waals surface area contributed by atoms with E-state index in [2.05, 4.69) is 6.92 Å². The van der Waals surface area contributed by atoms with Gasteiger partial charge >= 0.3 is 0 Å². The lowest BCUT2D eigenvalue weighted by atomic mass is 10.1. The lowest BCUT2D eigenvalue weighted by Gasteiger charge is -2.11. The number of aliphatic hydroxyl groups is 2. The number of rotatable bonds is 12. The van der Waals surface area contributed by atoms with Crippen LogP contribution in [0.3, 0.4) is 0 Å². The largest absolute Gasteiger partial charge is 0.395 e. The number of hydrogen-bond donors (Lipinski definition) is 3. The molecular formula is C15H31NO2. The van der Waals surface area contributed by atoms with Crippen molar-refractivity contribution in [3.63, 3.8) is 0 Å². The van der Waals surface area contributed by atoms with Crippen LogP contribution in [0.5, 0.6) is 0 Å². The summed E-state index contributed by atoms with van der Waals surface area (Å²) in [4.78, 5) is 0. The third-order valence-corrected chi connectivity index (χ3v) is 3.21. The average Bonchev–Trinajstić information content (AvgIpc) is 2.39. The van der Waals surface area contributed by atoms with Gasteiger partial charge in [0, 0.05) is 0 Å². The molecule has 0 heterocycles. The summed E-state index contributed by atoms with van der Waals surface area (Å²) in [6.07, 6.45) is 14.5. The van der Waals surface area contributed by atoms with Crippen LogP contribution in [-0.4, -0.2) is 29.0 Å². The number of unbranched alkanes of at least 4 members (excludes halogenated alkanes) is 8. The second-order valence-corrected chi connectivity index (χ2v) is 5.03. The summed E-state index contributed by atoms with van der Waals surface area (Å²) in [5.74, 6) is 0. The predicted octanol–water partition coefficient (Wildman–Crippen LogP) is 2.75. The van der Waals surface area contributed by atoms with Gasteiger partial charge < -0.3 is 15.9 Å². The standard InChI is InChI=1S/C15H31NO2/c1-2-3-4-5-6-7-8-9-10-11-12-15(18)14(16)13-17/h11-12,14-15,17-18H,2-10,13,16H2,1H3/b12-11+/t14-,15?/m0/s1. The molecule has 0 saturated carbocycles. The normalized spacial score (nSPS) is 15.1. The van der Waals surface area contributed by atoms with Gasteiger partial charge in [-0.1, -0.05) is 64.0 Å². The Bertz CT molecular complexity index is 195. The number of allylic oxidation sites excluding steroid dienone is 1. The van der Waals surface area contributed by atoms with Crippen LogP contribution in [0.25, 0.3) is 0 Å². The SMILES string of the molecule is CCCCCCCCCC/C=C/C(O)[C@@H](N)CO.